The molecular weight excluding hydrogens is 456 g/mol. The molecular formula is C20H27FIN5. The smallest absolute Gasteiger partial charge is 0.191 e. The first kappa shape index (κ1) is 21.4. The van der Waals surface area contributed by atoms with Crippen molar-refractivity contribution < 1.29 is 4.39 Å². The second-order valence-electron chi connectivity index (χ2n) is 6.58. The molecule has 0 unspecified atom stereocenters. The Morgan fingerprint density at radius 2 is 1.78 bits per heavy atom. The van der Waals surface area contributed by atoms with E-state index in [0.717, 1.165) is 30.0 Å². The van der Waals surface area contributed by atoms with Crippen molar-refractivity contribution in [1.29, 1.82) is 0 Å². The van der Waals surface area contributed by atoms with Gasteiger partial charge in [-0.1, -0.05) is 18.2 Å². The van der Waals surface area contributed by atoms with Crippen LogP contribution in [0.2, 0.25) is 0 Å². The topological polar surface area (TPSA) is 52.6 Å². The van der Waals surface area contributed by atoms with Crippen LogP contribution in [0.15, 0.2) is 41.5 Å². The molecule has 0 amide bonds. The highest BCUT2D eigenvalue weighted by Crippen LogP contribution is 2.17. The number of rotatable bonds is 5. The Morgan fingerprint density at radius 3 is 2.37 bits per heavy atom. The molecule has 1 aliphatic rings. The molecule has 1 aromatic heterocycles. The number of halogens is 2. The molecule has 2 heterocycles. The molecule has 146 valence electrons. The van der Waals surface area contributed by atoms with Crippen LogP contribution < -0.4 is 15.5 Å². The van der Waals surface area contributed by atoms with Crippen LogP contribution in [0.3, 0.4) is 0 Å². The predicted molar refractivity (Wildman–Crippen MR) is 119 cm³/mol. The fourth-order valence-electron chi connectivity index (χ4n) is 3.06. The maximum absolute atomic E-state index is 13.3. The average molecular weight is 483 g/mol. The zero-order valence-corrected chi connectivity index (χ0v) is 18.2. The van der Waals surface area contributed by atoms with E-state index in [9.17, 15) is 4.39 Å². The Hall–Kier alpha value is -1.90. The van der Waals surface area contributed by atoms with Gasteiger partial charge in [-0.2, -0.15) is 0 Å². The number of guanidine groups is 1. The van der Waals surface area contributed by atoms with Crippen molar-refractivity contribution in [3.05, 3.63) is 59.0 Å². The molecule has 2 aromatic rings. The van der Waals surface area contributed by atoms with E-state index in [1.165, 1.54) is 18.9 Å². The number of hydrogen-bond acceptors (Lipinski definition) is 3. The summed E-state index contributed by atoms with van der Waals surface area (Å²) in [5, 5.41) is 6.53. The zero-order valence-electron chi connectivity index (χ0n) is 15.8. The van der Waals surface area contributed by atoms with Gasteiger partial charge in [0.05, 0.1) is 0 Å². The van der Waals surface area contributed by atoms with Gasteiger partial charge in [0.2, 0.25) is 0 Å². The zero-order chi connectivity index (χ0) is 18.4. The summed E-state index contributed by atoms with van der Waals surface area (Å²) in [5.74, 6) is 1.58. The lowest BCUT2D eigenvalue weighted by Gasteiger charge is -2.16. The molecule has 7 heteroatoms. The van der Waals surface area contributed by atoms with Gasteiger partial charge in [0, 0.05) is 39.4 Å². The molecule has 5 nitrogen and oxygen atoms in total. The highest BCUT2D eigenvalue weighted by Gasteiger charge is 2.12. The summed E-state index contributed by atoms with van der Waals surface area (Å²) in [6.07, 6.45) is 4.42. The minimum absolute atomic E-state index is 0. The van der Waals surface area contributed by atoms with Gasteiger partial charge >= 0.3 is 0 Å². The summed E-state index contributed by atoms with van der Waals surface area (Å²) in [5.41, 5.74) is 2.77. The van der Waals surface area contributed by atoms with E-state index in [4.69, 9.17) is 0 Å². The van der Waals surface area contributed by atoms with Crippen LogP contribution in [0.1, 0.15) is 29.5 Å². The molecule has 0 bridgehead atoms. The molecule has 2 N–H and O–H groups in total. The molecule has 3 rings (SSSR count). The monoisotopic (exact) mass is 483 g/mol. The van der Waals surface area contributed by atoms with E-state index < -0.39 is 0 Å². The number of benzene rings is 1. The molecule has 1 fully saturated rings. The number of aromatic nitrogens is 1. The molecule has 27 heavy (non-hydrogen) atoms. The minimum atomic E-state index is -0.180. The van der Waals surface area contributed by atoms with E-state index >= 15 is 0 Å². The van der Waals surface area contributed by atoms with Gasteiger partial charge < -0.3 is 15.5 Å². The third-order valence-electron chi connectivity index (χ3n) is 4.61. The standard InChI is InChI=1S/C20H26FN5.HI/c1-15-11-16(5-7-18(15)21)12-24-20(22-2)25-14-17-6-8-19(23-13-17)26-9-3-4-10-26;/h5-8,11,13H,3-4,9-10,12,14H2,1-2H3,(H2,22,24,25);1H. The van der Waals surface area contributed by atoms with Crippen molar-refractivity contribution in [2.45, 2.75) is 32.9 Å². The van der Waals surface area contributed by atoms with Crippen molar-refractivity contribution >= 4 is 35.8 Å². The number of pyridine rings is 1. The molecule has 1 aliphatic heterocycles. The maximum Gasteiger partial charge on any atom is 0.191 e. The molecule has 0 spiro atoms. The molecule has 1 aromatic carbocycles. The highest BCUT2D eigenvalue weighted by atomic mass is 127. The second kappa shape index (κ2) is 10.4. The third kappa shape index (κ3) is 6.05. The third-order valence-corrected chi connectivity index (χ3v) is 4.61. The Balaban J connectivity index is 0.00000261. The van der Waals surface area contributed by atoms with Crippen molar-refractivity contribution in [3.8, 4) is 0 Å². The van der Waals surface area contributed by atoms with Gasteiger partial charge in [0.15, 0.2) is 5.96 Å². The number of nitrogens with one attached hydrogen (secondary N) is 2. The van der Waals surface area contributed by atoms with E-state index in [-0.39, 0.29) is 29.8 Å². The first-order valence-electron chi connectivity index (χ1n) is 9.05. The second-order valence-corrected chi connectivity index (χ2v) is 6.58. The first-order chi connectivity index (χ1) is 12.7. The lowest BCUT2D eigenvalue weighted by molar-refractivity contribution is 0.617. The van der Waals surface area contributed by atoms with Gasteiger partial charge in [-0.25, -0.2) is 9.37 Å². The lowest BCUT2D eigenvalue weighted by Crippen LogP contribution is -2.36. The maximum atomic E-state index is 13.3. The van der Waals surface area contributed by atoms with Crippen LogP contribution in [0.5, 0.6) is 0 Å². The molecule has 0 radical (unpaired) electrons. The Morgan fingerprint density at radius 1 is 1.11 bits per heavy atom. The number of aliphatic imine (C=N–C) groups is 1. The van der Waals surface area contributed by atoms with E-state index in [2.05, 4.69) is 37.6 Å². The molecule has 0 aliphatic carbocycles. The van der Waals surface area contributed by atoms with Gasteiger partial charge in [-0.15, -0.1) is 24.0 Å². The van der Waals surface area contributed by atoms with Crippen LogP contribution in [0, 0.1) is 12.7 Å². The fraction of sp³-hybridized carbons (Fsp3) is 0.400. The van der Waals surface area contributed by atoms with Gasteiger partial charge in [0.25, 0.3) is 0 Å². The minimum Gasteiger partial charge on any atom is -0.357 e. The lowest BCUT2D eigenvalue weighted by atomic mass is 10.1. The molecule has 1 saturated heterocycles. The largest absolute Gasteiger partial charge is 0.357 e. The summed E-state index contributed by atoms with van der Waals surface area (Å²) in [6.45, 7) is 5.21. The number of hydrogen-bond donors (Lipinski definition) is 2. The Labute approximate surface area is 177 Å². The summed E-state index contributed by atoms with van der Waals surface area (Å²) >= 11 is 0. The van der Waals surface area contributed by atoms with Gasteiger partial charge in [0.1, 0.15) is 11.6 Å². The summed E-state index contributed by atoms with van der Waals surface area (Å²) in [6, 6.07) is 9.31. The van der Waals surface area contributed by atoms with Crippen molar-refractivity contribution in [1.82, 2.24) is 15.6 Å². The number of anilines is 1. The molecule has 0 atom stereocenters. The first-order valence-corrected chi connectivity index (χ1v) is 9.05. The van der Waals surface area contributed by atoms with Crippen LogP contribution >= 0.6 is 24.0 Å². The van der Waals surface area contributed by atoms with Crippen LogP contribution in [-0.2, 0) is 13.1 Å². The Kier molecular flexibility index (Phi) is 8.27. The SMILES string of the molecule is CN=C(NCc1ccc(N2CCCC2)nc1)NCc1ccc(F)c(C)c1.I. The summed E-state index contributed by atoms with van der Waals surface area (Å²) < 4.78 is 13.3. The van der Waals surface area contributed by atoms with Crippen molar-refractivity contribution in [3.63, 3.8) is 0 Å². The van der Waals surface area contributed by atoms with E-state index in [0.29, 0.717) is 24.6 Å². The number of nitrogens with zero attached hydrogens (tertiary/aromatic N) is 3. The summed E-state index contributed by atoms with van der Waals surface area (Å²) in [4.78, 5) is 11.1. The van der Waals surface area contributed by atoms with Crippen molar-refractivity contribution in [2.75, 3.05) is 25.0 Å². The Bertz CT molecular complexity index is 757. The average Bonchev–Trinajstić information content (AvgIpc) is 3.20. The number of aryl methyl sites for hydroxylation is 1. The van der Waals surface area contributed by atoms with Gasteiger partial charge in [-0.05, 0) is 48.6 Å². The molecule has 0 saturated carbocycles. The quantitative estimate of drug-likeness (QED) is 0.388. The van der Waals surface area contributed by atoms with Crippen LogP contribution in [0.25, 0.3) is 0 Å². The van der Waals surface area contributed by atoms with E-state index in [1.807, 2.05) is 12.3 Å². The van der Waals surface area contributed by atoms with Gasteiger partial charge in [-0.3, -0.25) is 4.99 Å². The predicted octanol–water partition coefficient (Wildman–Crippen LogP) is 3.61. The van der Waals surface area contributed by atoms with E-state index in [1.54, 1.807) is 20.0 Å². The van der Waals surface area contributed by atoms with Crippen LogP contribution in [-0.4, -0.2) is 31.1 Å². The highest BCUT2D eigenvalue weighted by molar-refractivity contribution is 14.0. The summed E-state index contributed by atoms with van der Waals surface area (Å²) in [7, 11) is 1.74. The van der Waals surface area contributed by atoms with Crippen molar-refractivity contribution in [2.24, 2.45) is 4.99 Å². The van der Waals surface area contributed by atoms with Crippen LogP contribution in [0.4, 0.5) is 10.2 Å². The fourth-order valence-corrected chi connectivity index (χ4v) is 3.06. The normalized spacial score (nSPS) is 14.0.